The molecule has 0 aliphatic rings. The Balaban J connectivity index is 3.09. The molecule has 0 rings (SSSR count). The summed E-state index contributed by atoms with van der Waals surface area (Å²) >= 11 is 0. The lowest BCUT2D eigenvalue weighted by Gasteiger charge is -2.02. The third-order valence-electron chi connectivity index (χ3n) is 3.65. The van der Waals surface area contributed by atoms with E-state index in [2.05, 4.69) is 36.0 Å². The number of carbonyl (C=O) groups is 1. The van der Waals surface area contributed by atoms with Gasteiger partial charge in [-0.2, -0.15) is 0 Å². The van der Waals surface area contributed by atoms with E-state index in [1.54, 1.807) is 0 Å². The summed E-state index contributed by atoms with van der Waals surface area (Å²) in [4.78, 5) is 10.9. The lowest BCUT2D eigenvalue weighted by Crippen LogP contribution is -1.99. The molecule has 0 aromatic heterocycles. The van der Waals surface area contributed by atoms with Gasteiger partial charge < -0.3 is 4.74 Å². The number of esters is 1. The van der Waals surface area contributed by atoms with Crippen LogP contribution in [0.1, 0.15) is 84.0 Å². The molecular formula is C19H34O2. The average Bonchev–Trinajstić information content (AvgIpc) is 2.50. The lowest BCUT2D eigenvalue weighted by molar-refractivity contribution is -0.140. The van der Waals surface area contributed by atoms with E-state index in [-0.39, 0.29) is 5.97 Å². The van der Waals surface area contributed by atoms with E-state index < -0.39 is 0 Å². The van der Waals surface area contributed by atoms with Crippen LogP contribution in [0.4, 0.5) is 0 Å². The van der Waals surface area contributed by atoms with Crippen LogP contribution in [-0.4, -0.2) is 13.1 Å². The summed E-state index contributed by atoms with van der Waals surface area (Å²) < 4.78 is 4.62. The molecule has 21 heavy (non-hydrogen) atoms. The van der Waals surface area contributed by atoms with Gasteiger partial charge in [-0.25, -0.2) is 0 Å². The first-order chi connectivity index (χ1) is 10.3. The Morgan fingerprint density at radius 3 is 1.95 bits per heavy atom. The summed E-state index contributed by atoms with van der Waals surface area (Å²) in [6, 6.07) is 0. The van der Waals surface area contributed by atoms with E-state index >= 15 is 0 Å². The Morgan fingerprint density at radius 2 is 1.38 bits per heavy atom. The smallest absolute Gasteiger partial charge is 0.305 e. The Hall–Kier alpha value is -1.05. The summed E-state index contributed by atoms with van der Waals surface area (Å²) in [5.74, 6) is -0.0743. The summed E-state index contributed by atoms with van der Waals surface area (Å²) in [5.41, 5.74) is 0. The molecule has 0 aromatic carbocycles. The van der Waals surface area contributed by atoms with Crippen molar-refractivity contribution in [3.05, 3.63) is 24.3 Å². The highest BCUT2D eigenvalue weighted by Crippen LogP contribution is 2.11. The SMILES string of the molecule is C/C=C/C/C=C/CCCCCCCCCCCC(=O)OC. The molecule has 0 unspecified atom stereocenters. The van der Waals surface area contributed by atoms with Crippen LogP contribution < -0.4 is 0 Å². The maximum atomic E-state index is 10.9. The van der Waals surface area contributed by atoms with Gasteiger partial charge in [0.05, 0.1) is 7.11 Å². The predicted octanol–water partition coefficient (Wildman–Crippen LogP) is 5.97. The number of allylic oxidation sites excluding steroid dienone is 4. The molecule has 0 amide bonds. The van der Waals surface area contributed by atoms with Crippen molar-refractivity contribution >= 4 is 5.97 Å². The topological polar surface area (TPSA) is 26.3 Å². The second-order valence-corrected chi connectivity index (χ2v) is 5.57. The Kier molecular flexibility index (Phi) is 16.2. The molecule has 0 fully saturated rings. The minimum atomic E-state index is -0.0743. The van der Waals surface area contributed by atoms with Crippen molar-refractivity contribution in [2.45, 2.75) is 84.0 Å². The van der Waals surface area contributed by atoms with E-state index in [1.165, 1.54) is 58.5 Å². The quantitative estimate of drug-likeness (QED) is 0.224. The number of rotatable bonds is 14. The molecule has 2 nitrogen and oxygen atoms in total. The van der Waals surface area contributed by atoms with E-state index in [9.17, 15) is 4.79 Å². The highest BCUT2D eigenvalue weighted by atomic mass is 16.5. The molecule has 0 aromatic rings. The standard InChI is InChI=1S/C19H34O2/c1-3-4-5-6-7-8-9-10-11-12-13-14-15-16-17-18-19(20)21-2/h3-4,6-7H,5,8-18H2,1-2H3/b4-3+,7-6+. The molecule has 0 aliphatic carbocycles. The van der Waals surface area contributed by atoms with Crippen molar-refractivity contribution in [1.82, 2.24) is 0 Å². The van der Waals surface area contributed by atoms with Crippen LogP contribution >= 0.6 is 0 Å². The van der Waals surface area contributed by atoms with Crippen LogP contribution in [0.25, 0.3) is 0 Å². The second-order valence-electron chi connectivity index (χ2n) is 5.57. The van der Waals surface area contributed by atoms with Crippen molar-refractivity contribution in [2.75, 3.05) is 7.11 Å². The minimum absolute atomic E-state index is 0.0743. The van der Waals surface area contributed by atoms with Gasteiger partial charge in [0.1, 0.15) is 0 Å². The highest BCUT2D eigenvalue weighted by Gasteiger charge is 1.98. The van der Waals surface area contributed by atoms with Crippen molar-refractivity contribution < 1.29 is 9.53 Å². The summed E-state index contributed by atoms with van der Waals surface area (Å²) in [6.45, 7) is 2.06. The molecule has 0 saturated carbocycles. The van der Waals surface area contributed by atoms with Crippen LogP contribution in [-0.2, 0) is 9.53 Å². The van der Waals surface area contributed by atoms with Gasteiger partial charge >= 0.3 is 5.97 Å². The normalized spacial score (nSPS) is 11.5. The zero-order chi connectivity index (χ0) is 15.6. The van der Waals surface area contributed by atoms with Gasteiger partial charge in [-0.15, -0.1) is 0 Å². The van der Waals surface area contributed by atoms with Crippen LogP contribution in [0.2, 0.25) is 0 Å². The monoisotopic (exact) mass is 294 g/mol. The minimum Gasteiger partial charge on any atom is -0.469 e. The van der Waals surface area contributed by atoms with Crippen LogP contribution in [0.5, 0.6) is 0 Å². The van der Waals surface area contributed by atoms with Crippen LogP contribution in [0.3, 0.4) is 0 Å². The fourth-order valence-electron chi connectivity index (χ4n) is 2.30. The second kappa shape index (κ2) is 17.0. The first-order valence-corrected chi connectivity index (χ1v) is 8.64. The number of unbranched alkanes of at least 4 members (excludes halogenated alkanes) is 9. The molecule has 0 N–H and O–H groups in total. The highest BCUT2D eigenvalue weighted by molar-refractivity contribution is 5.68. The molecular weight excluding hydrogens is 260 g/mol. The fraction of sp³-hybridized carbons (Fsp3) is 0.737. The number of hydrogen-bond donors (Lipinski definition) is 0. The number of methoxy groups -OCH3 is 1. The largest absolute Gasteiger partial charge is 0.469 e. The van der Waals surface area contributed by atoms with Gasteiger partial charge in [0, 0.05) is 6.42 Å². The van der Waals surface area contributed by atoms with Crippen molar-refractivity contribution in [2.24, 2.45) is 0 Å². The first-order valence-electron chi connectivity index (χ1n) is 8.64. The number of carbonyl (C=O) groups excluding carboxylic acids is 1. The summed E-state index contributed by atoms with van der Waals surface area (Å²) in [6.07, 6.45) is 23.2. The fourth-order valence-corrected chi connectivity index (χ4v) is 2.30. The number of ether oxygens (including phenoxy) is 1. The third-order valence-corrected chi connectivity index (χ3v) is 3.65. The van der Waals surface area contributed by atoms with E-state index in [1.807, 2.05) is 0 Å². The Bertz CT molecular complexity index is 279. The van der Waals surface area contributed by atoms with Crippen molar-refractivity contribution in [3.8, 4) is 0 Å². The van der Waals surface area contributed by atoms with Crippen molar-refractivity contribution in [1.29, 1.82) is 0 Å². The van der Waals surface area contributed by atoms with Crippen LogP contribution in [0, 0.1) is 0 Å². The summed E-state index contributed by atoms with van der Waals surface area (Å²) in [5, 5.41) is 0. The molecule has 0 radical (unpaired) electrons. The predicted molar refractivity (Wildman–Crippen MR) is 91.4 cm³/mol. The van der Waals surface area contributed by atoms with Gasteiger partial charge in [-0.05, 0) is 32.6 Å². The van der Waals surface area contributed by atoms with Gasteiger partial charge in [-0.1, -0.05) is 69.2 Å². The average molecular weight is 294 g/mol. The molecule has 0 saturated heterocycles. The molecule has 0 spiro atoms. The zero-order valence-corrected chi connectivity index (χ0v) is 14.1. The Labute approximate surface area is 131 Å². The maximum Gasteiger partial charge on any atom is 0.305 e. The third kappa shape index (κ3) is 16.9. The van der Waals surface area contributed by atoms with E-state index in [0.29, 0.717) is 6.42 Å². The molecule has 122 valence electrons. The van der Waals surface area contributed by atoms with Gasteiger partial charge in [-0.3, -0.25) is 4.79 Å². The first kappa shape index (κ1) is 19.9. The van der Waals surface area contributed by atoms with Gasteiger partial charge in [0.15, 0.2) is 0 Å². The summed E-state index contributed by atoms with van der Waals surface area (Å²) in [7, 11) is 1.46. The molecule has 0 heterocycles. The van der Waals surface area contributed by atoms with Crippen LogP contribution in [0.15, 0.2) is 24.3 Å². The maximum absolute atomic E-state index is 10.9. The Morgan fingerprint density at radius 1 is 0.810 bits per heavy atom. The van der Waals surface area contributed by atoms with Gasteiger partial charge in [0.25, 0.3) is 0 Å². The van der Waals surface area contributed by atoms with E-state index in [4.69, 9.17) is 0 Å². The lowest BCUT2D eigenvalue weighted by atomic mass is 10.1. The molecule has 2 heteroatoms. The molecule has 0 atom stereocenters. The number of hydrogen-bond acceptors (Lipinski definition) is 2. The molecule has 0 bridgehead atoms. The van der Waals surface area contributed by atoms with Gasteiger partial charge in [0.2, 0.25) is 0 Å². The van der Waals surface area contributed by atoms with Crippen molar-refractivity contribution in [3.63, 3.8) is 0 Å². The zero-order valence-electron chi connectivity index (χ0n) is 14.1. The molecule has 0 aliphatic heterocycles. The van der Waals surface area contributed by atoms with E-state index in [0.717, 1.165) is 19.3 Å².